The van der Waals surface area contributed by atoms with Crippen molar-refractivity contribution in [2.45, 2.75) is 20.3 Å². The molecule has 0 aliphatic heterocycles. The standard InChI is InChI=1S/C11H21N3O/c1-11(2,5-8-15-4)9-13-10-12-6-7-14(10)3/h6-7H,5,8-9H2,1-4H3,(H,12,13). The molecule has 0 fully saturated rings. The van der Waals surface area contributed by atoms with Crippen LogP contribution >= 0.6 is 0 Å². The molecule has 0 atom stereocenters. The maximum atomic E-state index is 5.09. The van der Waals surface area contributed by atoms with Crippen LogP contribution in [-0.2, 0) is 11.8 Å². The Bertz CT molecular complexity index is 294. The van der Waals surface area contributed by atoms with Gasteiger partial charge in [0.1, 0.15) is 0 Å². The summed E-state index contributed by atoms with van der Waals surface area (Å²) < 4.78 is 7.07. The third-order valence-corrected chi connectivity index (χ3v) is 2.53. The van der Waals surface area contributed by atoms with Gasteiger partial charge in [-0.05, 0) is 11.8 Å². The quantitative estimate of drug-likeness (QED) is 0.781. The average molecular weight is 211 g/mol. The highest BCUT2D eigenvalue weighted by molar-refractivity contribution is 5.25. The largest absolute Gasteiger partial charge is 0.385 e. The van der Waals surface area contributed by atoms with E-state index in [-0.39, 0.29) is 5.41 Å². The second-order valence-electron chi connectivity index (χ2n) is 4.62. The molecule has 0 unspecified atom stereocenters. The minimum Gasteiger partial charge on any atom is -0.385 e. The molecule has 0 aliphatic carbocycles. The Kier molecular flexibility index (Phi) is 4.15. The summed E-state index contributed by atoms with van der Waals surface area (Å²) in [7, 11) is 3.72. The van der Waals surface area contributed by atoms with Gasteiger partial charge in [-0.2, -0.15) is 0 Å². The number of nitrogens with zero attached hydrogens (tertiary/aromatic N) is 2. The van der Waals surface area contributed by atoms with E-state index in [1.54, 1.807) is 13.3 Å². The monoisotopic (exact) mass is 211 g/mol. The van der Waals surface area contributed by atoms with Gasteiger partial charge in [-0.3, -0.25) is 0 Å². The summed E-state index contributed by atoms with van der Waals surface area (Å²) in [5.41, 5.74) is 0.224. The zero-order valence-electron chi connectivity index (χ0n) is 10.1. The summed E-state index contributed by atoms with van der Waals surface area (Å²) in [6.45, 7) is 6.15. The number of hydrogen-bond donors (Lipinski definition) is 1. The van der Waals surface area contributed by atoms with Crippen molar-refractivity contribution >= 4 is 5.95 Å². The third-order valence-electron chi connectivity index (χ3n) is 2.53. The van der Waals surface area contributed by atoms with Crippen LogP contribution in [0.3, 0.4) is 0 Å². The van der Waals surface area contributed by atoms with Crippen LogP contribution in [0.1, 0.15) is 20.3 Å². The predicted molar refractivity (Wildman–Crippen MR) is 62.0 cm³/mol. The Morgan fingerprint density at radius 3 is 2.80 bits per heavy atom. The third kappa shape index (κ3) is 3.91. The number of ether oxygens (including phenoxy) is 1. The zero-order valence-corrected chi connectivity index (χ0v) is 10.1. The molecule has 1 aromatic heterocycles. The molecule has 1 N–H and O–H groups in total. The summed E-state index contributed by atoms with van der Waals surface area (Å²) in [4.78, 5) is 4.22. The second kappa shape index (κ2) is 5.16. The highest BCUT2D eigenvalue weighted by Crippen LogP contribution is 2.20. The van der Waals surface area contributed by atoms with E-state index in [2.05, 4.69) is 24.1 Å². The Balaban J connectivity index is 2.39. The van der Waals surface area contributed by atoms with Gasteiger partial charge in [-0.15, -0.1) is 0 Å². The van der Waals surface area contributed by atoms with Crippen LogP contribution in [0.15, 0.2) is 12.4 Å². The molecular weight excluding hydrogens is 190 g/mol. The fourth-order valence-corrected chi connectivity index (χ4v) is 1.32. The first kappa shape index (κ1) is 12.0. The van der Waals surface area contributed by atoms with E-state index < -0.39 is 0 Å². The van der Waals surface area contributed by atoms with E-state index in [0.717, 1.165) is 25.5 Å². The van der Waals surface area contributed by atoms with Gasteiger partial charge in [0.15, 0.2) is 0 Å². The topological polar surface area (TPSA) is 39.1 Å². The first-order valence-corrected chi connectivity index (χ1v) is 5.25. The lowest BCUT2D eigenvalue weighted by Gasteiger charge is -2.24. The van der Waals surface area contributed by atoms with Crippen molar-refractivity contribution < 1.29 is 4.74 Å². The summed E-state index contributed by atoms with van der Waals surface area (Å²) in [5, 5.41) is 3.34. The van der Waals surface area contributed by atoms with Crippen molar-refractivity contribution in [3.63, 3.8) is 0 Å². The van der Waals surface area contributed by atoms with Crippen LogP contribution in [0.5, 0.6) is 0 Å². The number of aromatic nitrogens is 2. The van der Waals surface area contributed by atoms with Crippen LogP contribution in [-0.4, -0.2) is 29.8 Å². The van der Waals surface area contributed by atoms with E-state index in [1.807, 2.05) is 17.8 Å². The lowest BCUT2D eigenvalue weighted by molar-refractivity contribution is 0.157. The van der Waals surface area contributed by atoms with Gasteiger partial charge in [0.25, 0.3) is 0 Å². The number of aryl methyl sites for hydroxylation is 1. The first-order valence-electron chi connectivity index (χ1n) is 5.25. The van der Waals surface area contributed by atoms with Crippen LogP contribution in [0, 0.1) is 5.41 Å². The molecule has 4 heteroatoms. The number of methoxy groups -OCH3 is 1. The molecule has 1 heterocycles. The Labute approximate surface area is 91.7 Å². The normalized spacial score (nSPS) is 11.7. The number of imidazole rings is 1. The van der Waals surface area contributed by atoms with Crippen LogP contribution in [0.4, 0.5) is 5.95 Å². The molecule has 1 aromatic rings. The fraction of sp³-hybridized carbons (Fsp3) is 0.727. The van der Waals surface area contributed by atoms with Gasteiger partial charge in [0.05, 0.1) is 0 Å². The number of hydrogen-bond acceptors (Lipinski definition) is 3. The Morgan fingerprint density at radius 2 is 2.27 bits per heavy atom. The molecule has 86 valence electrons. The molecule has 4 nitrogen and oxygen atoms in total. The van der Waals surface area contributed by atoms with Gasteiger partial charge < -0.3 is 14.6 Å². The van der Waals surface area contributed by atoms with Crippen LogP contribution < -0.4 is 5.32 Å². The van der Waals surface area contributed by atoms with E-state index in [9.17, 15) is 0 Å². The van der Waals surface area contributed by atoms with E-state index in [4.69, 9.17) is 4.74 Å². The lowest BCUT2D eigenvalue weighted by atomic mass is 9.90. The second-order valence-corrected chi connectivity index (χ2v) is 4.62. The molecule has 0 saturated heterocycles. The van der Waals surface area contributed by atoms with Gasteiger partial charge in [0.2, 0.25) is 5.95 Å². The molecular formula is C11H21N3O. The van der Waals surface area contributed by atoms with Crippen LogP contribution in [0.2, 0.25) is 0 Å². The molecule has 1 rings (SSSR count). The molecule has 0 aliphatic rings. The predicted octanol–water partition coefficient (Wildman–Crippen LogP) is 1.89. The van der Waals surface area contributed by atoms with Crippen molar-refractivity contribution in [3.05, 3.63) is 12.4 Å². The molecule has 15 heavy (non-hydrogen) atoms. The summed E-state index contributed by atoms with van der Waals surface area (Å²) in [6.07, 6.45) is 4.77. The SMILES string of the molecule is COCCC(C)(C)CNc1nccn1C. The van der Waals surface area contributed by atoms with E-state index in [0.29, 0.717) is 0 Å². The molecule has 0 bridgehead atoms. The van der Waals surface area contributed by atoms with Crippen molar-refractivity contribution in [2.75, 3.05) is 25.6 Å². The van der Waals surface area contributed by atoms with E-state index in [1.165, 1.54) is 0 Å². The highest BCUT2D eigenvalue weighted by Gasteiger charge is 2.17. The maximum Gasteiger partial charge on any atom is 0.202 e. The summed E-state index contributed by atoms with van der Waals surface area (Å²) >= 11 is 0. The fourth-order valence-electron chi connectivity index (χ4n) is 1.32. The van der Waals surface area contributed by atoms with Crippen LogP contribution in [0.25, 0.3) is 0 Å². The van der Waals surface area contributed by atoms with E-state index >= 15 is 0 Å². The first-order chi connectivity index (χ1) is 7.05. The maximum absolute atomic E-state index is 5.09. The van der Waals surface area contributed by atoms with Gasteiger partial charge in [-0.25, -0.2) is 4.98 Å². The lowest BCUT2D eigenvalue weighted by Crippen LogP contribution is -2.25. The smallest absolute Gasteiger partial charge is 0.202 e. The zero-order chi connectivity index (χ0) is 11.3. The number of rotatable bonds is 6. The Hall–Kier alpha value is -1.03. The minimum absolute atomic E-state index is 0.224. The minimum atomic E-state index is 0.224. The molecule has 0 aromatic carbocycles. The molecule has 0 saturated carbocycles. The van der Waals surface area contributed by atoms with Crippen molar-refractivity contribution in [3.8, 4) is 0 Å². The average Bonchev–Trinajstić information content (AvgIpc) is 2.58. The number of nitrogens with one attached hydrogen (secondary N) is 1. The molecule has 0 radical (unpaired) electrons. The highest BCUT2D eigenvalue weighted by atomic mass is 16.5. The summed E-state index contributed by atoms with van der Waals surface area (Å²) in [6, 6.07) is 0. The van der Waals surface area contributed by atoms with Crippen molar-refractivity contribution in [2.24, 2.45) is 12.5 Å². The summed E-state index contributed by atoms with van der Waals surface area (Å²) in [5.74, 6) is 0.917. The molecule has 0 amide bonds. The van der Waals surface area contributed by atoms with Crippen molar-refractivity contribution in [1.82, 2.24) is 9.55 Å². The van der Waals surface area contributed by atoms with Gasteiger partial charge >= 0.3 is 0 Å². The van der Waals surface area contributed by atoms with Gasteiger partial charge in [-0.1, -0.05) is 13.8 Å². The van der Waals surface area contributed by atoms with Gasteiger partial charge in [0, 0.05) is 39.7 Å². The molecule has 0 spiro atoms. The Morgan fingerprint density at radius 1 is 1.53 bits per heavy atom. The number of anilines is 1. The van der Waals surface area contributed by atoms with Crippen molar-refractivity contribution in [1.29, 1.82) is 0 Å².